The van der Waals surface area contributed by atoms with Crippen LogP contribution < -0.4 is 10.6 Å². The van der Waals surface area contributed by atoms with Crippen molar-refractivity contribution in [2.75, 3.05) is 5.32 Å². The summed E-state index contributed by atoms with van der Waals surface area (Å²) in [6, 6.07) is 1.43. The van der Waals surface area contributed by atoms with Crippen LogP contribution in [0.2, 0.25) is 0 Å². The smallest absolute Gasteiger partial charge is 0.320 e. The lowest BCUT2D eigenvalue weighted by atomic mass is 9.93. The van der Waals surface area contributed by atoms with Crippen molar-refractivity contribution >= 4 is 11.8 Å². The first kappa shape index (κ1) is 18.0. The van der Waals surface area contributed by atoms with Crippen molar-refractivity contribution in [3.8, 4) is 0 Å². The molecule has 0 fully saturated rings. The number of anilines is 1. The van der Waals surface area contributed by atoms with Crippen LogP contribution in [0.5, 0.6) is 0 Å². The van der Waals surface area contributed by atoms with Crippen molar-refractivity contribution in [2.45, 2.75) is 59.4 Å². The van der Waals surface area contributed by atoms with Gasteiger partial charge in [-0.2, -0.15) is 5.10 Å². The summed E-state index contributed by atoms with van der Waals surface area (Å²) in [5.41, 5.74) is 3.14. The van der Waals surface area contributed by atoms with Crippen LogP contribution in [0, 0.1) is 13.8 Å². The normalized spacial score (nSPS) is 13.0. The van der Waals surface area contributed by atoms with Gasteiger partial charge in [0.05, 0.1) is 5.69 Å². The fraction of sp³-hybridized carbons (Fsp3) is 0.588. The van der Waals surface area contributed by atoms with Crippen LogP contribution in [-0.2, 0) is 18.9 Å². The molecule has 0 aliphatic carbocycles. The van der Waals surface area contributed by atoms with E-state index >= 15 is 0 Å². The molecule has 2 amide bonds. The molecule has 1 atom stereocenters. The fourth-order valence-electron chi connectivity index (χ4n) is 2.53. The lowest BCUT2D eigenvalue weighted by Gasteiger charge is -2.14. The van der Waals surface area contributed by atoms with Crippen molar-refractivity contribution in [2.24, 2.45) is 7.05 Å². The minimum absolute atomic E-state index is 0.0272. The Labute approximate surface area is 142 Å². The largest absolute Gasteiger partial charge is 0.359 e. The summed E-state index contributed by atoms with van der Waals surface area (Å²) >= 11 is 0. The Morgan fingerprint density at radius 2 is 2.04 bits per heavy atom. The standard InChI is InChI=1S/C17H27N5O2/c1-10(8-13-11(2)20-22(7)12(13)3)18-16(23)19-15-9-14(24-21-15)17(4,5)6/h9-10H,8H2,1-7H3,(H2,18,19,21,23)/t10-/m1/s1. The third kappa shape index (κ3) is 4.15. The second-order valence-electron chi connectivity index (χ2n) is 7.30. The van der Waals surface area contributed by atoms with Crippen LogP contribution in [-0.4, -0.2) is 27.0 Å². The Bertz CT molecular complexity index is 724. The van der Waals surface area contributed by atoms with Gasteiger partial charge in [-0.1, -0.05) is 25.9 Å². The van der Waals surface area contributed by atoms with Gasteiger partial charge >= 0.3 is 6.03 Å². The molecule has 2 aromatic rings. The van der Waals surface area contributed by atoms with Gasteiger partial charge in [0, 0.05) is 30.3 Å². The number of carbonyl (C=O) groups excluding carboxylic acids is 1. The number of aromatic nitrogens is 3. The molecule has 7 nitrogen and oxygen atoms in total. The number of urea groups is 1. The predicted octanol–water partition coefficient (Wildman–Crippen LogP) is 3.08. The van der Waals surface area contributed by atoms with Gasteiger partial charge in [-0.15, -0.1) is 0 Å². The highest BCUT2D eigenvalue weighted by molar-refractivity contribution is 5.88. The summed E-state index contributed by atoms with van der Waals surface area (Å²) < 4.78 is 7.12. The topological polar surface area (TPSA) is 85.0 Å². The Balaban J connectivity index is 1.93. The van der Waals surface area contributed by atoms with E-state index in [1.807, 2.05) is 53.3 Å². The first-order chi connectivity index (χ1) is 11.1. The van der Waals surface area contributed by atoms with Crippen molar-refractivity contribution in [3.05, 3.63) is 28.8 Å². The van der Waals surface area contributed by atoms with Gasteiger partial charge in [0.1, 0.15) is 5.76 Å². The van der Waals surface area contributed by atoms with E-state index in [9.17, 15) is 4.79 Å². The lowest BCUT2D eigenvalue weighted by Crippen LogP contribution is -2.37. The second kappa shape index (κ2) is 6.67. The quantitative estimate of drug-likeness (QED) is 0.900. The molecule has 24 heavy (non-hydrogen) atoms. The first-order valence-corrected chi connectivity index (χ1v) is 8.11. The monoisotopic (exact) mass is 333 g/mol. The molecule has 0 aliphatic heterocycles. The Hall–Kier alpha value is -2.31. The third-order valence-electron chi connectivity index (χ3n) is 4.04. The molecule has 7 heteroatoms. The van der Waals surface area contributed by atoms with Crippen molar-refractivity contribution in [3.63, 3.8) is 0 Å². The molecule has 0 spiro atoms. The van der Waals surface area contributed by atoms with Gasteiger partial charge in [-0.05, 0) is 32.8 Å². The molecule has 2 aromatic heterocycles. The number of nitrogens with one attached hydrogen (secondary N) is 2. The van der Waals surface area contributed by atoms with E-state index in [1.54, 1.807) is 6.07 Å². The van der Waals surface area contributed by atoms with E-state index < -0.39 is 0 Å². The Kier molecular flexibility index (Phi) is 5.01. The highest BCUT2D eigenvalue weighted by Gasteiger charge is 2.21. The molecule has 2 rings (SSSR count). The summed E-state index contributed by atoms with van der Waals surface area (Å²) in [6.07, 6.45) is 0.727. The number of hydrogen-bond acceptors (Lipinski definition) is 4. The minimum Gasteiger partial charge on any atom is -0.359 e. The molecule has 0 aromatic carbocycles. The third-order valence-corrected chi connectivity index (χ3v) is 4.04. The SMILES string of the molecule is Cc1nn(C)c(C)c1C[C@@H](C)NC(=O)Nc1cc(C(C)(C)C)on1. The molecule has 132 valence electrons. The first-order valence-electron chi connectivity index (χ1n) is 8.11. The second-order valence-corrected chi connectivity index (χ2v) is 7.30. The molecule has 2 N–H and O–H groups in total. The van der Waals surface area contributed by atoms with Crippen LogP contribution in [0.3, 0.4) is 0 Å². The number of hydrogen-bond donors (Lipinski definition) is 2. The van der Waals surface area contributed by atoms with Crippen molar-refractivity contribution in [1.29, 1.82) is 0 Å². The van der Waals surface area contributed by atoms with E-state index in [2.05, 4.69) is 20.9 Å². The Morgan fingerprint density at radius 1 is 1.38 bits per heavy atom. The number of nitrogens with zero attached hydrogens (tertiary/aromatic N) is 3. The molecule has 0 unspecified atom stereocenters. The maximum absolute atomic E-state index is 12.1. The zero-order valence-corrected chi connectivity index (χ0v) is 15.5. The molecule has 0 radical (unpaired) electrons. The summed E-state index contributed by atoms with van der Waals surface area (Å²) in [5, 5.41) is 13.9. The van der Waals surface area contributed by atoms with Gasteiger partial charge in [0.25, 0.3) is 0 Å². The minimum atomic E-state index is -0.296. The number of aryl methyl sites for hydroxylation is 2. The average molecular weight is 333 g/mol. The van der Waals surface area contributed by atoms with Gasteiger partial charge < -0.3 is 9.84 Å². The van der Waals surface area contributed by atoms with E-state index in [4.69, 9.17) is 4.52 Å². The molecular formula is C17H27N5O2. The van der Waals surface area contributed by atoms with E-state index in [1.165, 1.54) is 5.56 Å². The maximum atomic E-state index is 12.1. The lowest BCUT2D eigenvalue weighted by molar-refractivity contribution is 0.249. The molecule has 0 saturated carbocycles. The molecule has 0 aliphatic rings. The van der Waals surface area contributed by atoms with Crippen molar-refractivity contribution < 1.29 is 9.32 Å². The zero-order chi connectivity index (χ0) is 18.1. The van der Waals surface area contributed by atoms with E-state index in [0.29, 0.717) is 5.82 Å². The van der Waals surface area contributed by atoms with Gasteiger partial charge in [-0.25, -0.2) is 4.79 Å². The number of carbonyl (C=O) groups is 1. The zero-order valence-electron chi connectivity index (χ0n) is 15.5. The van der Waals surface area contributed by atoms with Crippen LogP contribution in [0.1, 0.15) is 50.4 Å². The maximum Gasteiger partial charge on any atom is 0.320 e. The Morgan fingerprint density at radius 3 is 2.54 bits per heavy atom. The van der Waals surface area contributed by atoms with E-state index in [0.717, 1.165) is 23.6 Å². The average Bonchev–Trinajstić information content (AvgIpc) is 2.99. The summed E-state index contributed by atoms with van der Waals surface area (Å²) in [6.45, 7) is 12.1. The molecular weight excluding hydrogens is 306 g/mol. The van der Waals surface area contributed by atoms with Crippen LogP contribution in [0.15, 0.2) is 10.6 Å². The number of rotatable bonds is 4. The van der Waals surface area contributed by atoms with E-state index in [-0.39, 0.29) is 17.5 Å². The molecule has 0 bridgehead atoms. The molecule has 2 heterocycles. The van der Waals surface area contributed by atoms with Gasteiger partial charge in [0.15, 0.2) is 5.82 Å². The predicted molar refractivity (Wildman–Crippen MR) is 93.2 cm³/mol. The van der Waals surface area contributed by atoms with Crippen molar-refractivity contribution in [1.82, 2.24) is 20.3 Å². The fourth-order valence-corrected chi connectivity index (χ4v) is 2.53. The summed E-state index contributed by atoms with van der Waals surface area (Å²) in [7, 11) is 1.92. The summed E-state index contributed by atoms with van der Waals surface area (Å²) in [4.78, 5) is 12.1. The summed E-state index contributed by atoms with van der Waals surface area (Å²) in [5.74, 6) is 1.14. The highest BCUT2D eigenvalue weighted by atomic mass is 16.5. The molecule has 0 saturated heterocycles. The van der Waals surface area contributed by atoms with Crippen LogP contribution >= 0.6 is 0 Å². The number of amides is 2. The van der Waals surface area contributed by atoms with Gasteiger partial charge in [0.2, 0.25) is 0 Å². The van der Waals surface area contributed by atoms with Crippen LogP contribution in [0.25, 0.3) is 0 Å². The van der Waals surface area contributed by atoms with Crippen LogP contribution in [0.4, 0.5) is 10.6 Å². The highest BCUT2D eigenvalue weighted by Crippen LogP contribution is 2.24. The van der Waals surface area contributed by atoms with Gasteiger partial charge in [-0.3, -0.25) is 10.00 Å².